The lowest BCUT2D eigenvalue weighted by atomic mass is 10.1. The largest absolute Gasteiger partial charge is 0.357 e. The van der Waals surface area contributed by atoms with Gasteiger partial charge < -0.3 is 10.2 Å². The fourth-order valence-corrected chi connectivity index (χ4v) is 5.04. The van der Waals surface area contributed by atoms with Crippen LogP contribution in [-0.4, -0.2) is 63.2 Å². The summed E-state index contributed by atoms with van der Waals surface area (Å²) in [7, 11) is 0.284. The van der Waals surface area contributed by atoms with E-state index in [2.05, 4.69) is 5.32 Å². The van der Waals surface area contributed by atoms with Gasteiger partial charge in [0.2, 0.25) is 11.8 Å². The maximum absolute atomic E-state index is 13.7. The van der Waals surface area contributed by atoms with Gasteiger partial charge in [0.1, 0.15) is 12.6 Å². The fraction of sp³-hybridized carbons (Fsp3) is 0.417. The molecule has 2 amide bonds. The number of likely N-dealkylation sites (N-methyl/N-ethyl adjacent to an activating group) is 1. The maximum Gasteiger partial charge on any atom is 0.304 e. The van der Waals surface area contributed by atoms with Gasteiger partial charge in [-0.25, -0.2) is 4.31 Å². The number of carbonyl (C=O) groups excluding carboxylic acids is 2. The molecule has 0 heterocycles. The number of hydrogen-bond acceptors (Lipinski definition) is 4. The van der Waals surface area contributed by atoms with E-state index in [-0.39, 0.29) is 12.5 Å². The highest BCUT2D eigenvalue weighted by atomic mass is 35.5. The van der Waals surface area contributed by atoms with Crippen molar-refractivity contribution in [1.82, 2.24) is 14.5 Å². The average Bonchev–Trinajstić information content (AvgIpc) is 2.80. The van der Waals surface area contributed by atoms with Crippen LogP contribution in [0, 0.1) is 13.8 Å². The standard InChI is InChI=1S/C24H32Cl2N4O4S/c1-7-21(24(32)27-4)29(14-18-10-11-19(25)20(26)13-18)23(31)15-30(35(33,34)28(5)6)22-12-16(2)8-9-17(22)3/h8-13,21H,7,14-15H2,1-6H3,(H,27,32)/t21-/m1/s1. The van der Waals surface area contributed by atoms with Crippen LogP contribution in [0.25, 0.3) is 0 Å². The van der Waals surface area contributed by atoms with Crippen LogP contribution in [0.5, 0.6) is 0 Å². The van der Waals surface area contributed by atoms with E-state index in [1.165, 1.54) is 26.0 Å². The lowest BCUT2D eigenvalue weighted by Gasteiger charge is -2.34. The second kappa shape index (κ2) is 12.1. The van der Waals surface area contributed by atoms with Crippen LogP contribution >= 0.6 is 23.2 Å². The predicted molar refractivity (Wildman–Crippen MR) is 141 cm³/mol. The summed E-state index contributed by atoms with van der Waals surface area (Å²) in [5.74, 6) is -0.882. The highest BCUT2D eigenvalue weighted by molar-refractivity contribution is 7.90. The van der Waals surface area contributed by atoms with Gasteiger partial charge in [-0.15, -0.1) is 0 Å². The zero-order valence-electron chi connectivity index (χ0n) is 20.8. The van der Waals surface area contributed by atoms with E-state index in [0.717, 1.165) is 14.2 Å². The van der Waals surface area contributed by atoms with E-state index in [0.29, 0.717) is 33.3 Å². The van der Waals surface area contributed by atoms with Crippen LogP contribution in [0.4, 0.5) is 5.69 Å². The Morgan fingerprint density at radius 2 is 1.69 bits per heavy atom. The van der Waals surface area contributed by atoms with Gasteiger partial charge in [-0.05, 0) is 55.2 Å². The van der Waals surface area contributed by atoms with E-state index >= 15 is 0 Å². The van der Waals surface area contributed by atoms with Crippen molar-refractivity contribution in [3.8, 4) is 0 Å². The van der Waals surface area contributed by atoms with Crippen LogP contribution in [0.2, 0.25) is 10.0 Å². The molecule has 8 nitrogen and oxygen atoms in total. The van der Waals surface area contributed by atoms with E-state index in [4.69, 9.17) is 23.2 Å². The van der Waals surface area contributed by atoms with Crippen LogP contribution in [0.1, 0.15) is 30.0 Å². The molecule has 0 radical (unpaired) electrons. The number of anilines is 1. The second-order valence-electron chi connectivity index (χ2n) is 8.40. The van der Waals surface area contributed by atoms with Crippen molar-refractivity contribution in [3.05, 3.63) is 63.1 Å². The molecule has 2 aromatic carbocycles. The van der Waals surface area contributed by atoms with Crippen LogP contribution in [0.15, 0.2) is 36.4 Å². The second-order valence-corrected chi connectivity index (χ2v) is 11.3. The molecular weight excluding hydrogens is 511 g/mol. The topological polar surface area (TPSA) is 90.0 Å². The van der Waals surface area contributed by atoms with Crippen LogP contribution in [0.3, 0.4) is 0 Å². The summed E-state index contributed by atoms with van der Waals surface area (Å²) in [6.45, 7) is 4.97. The third kappa shape index (κ3) is 6.88. The number of nitrogens with zero attached hydrogens (tertiary/aromatic N) is 3. The highest BCUT2D eigenvalue weighted by Crippen LogP contribution is 2.27. The van der Waals surface area contributed by atoms with Gasteiger partial charge in [-0.3, -0.25) is 9.59 Å². The van der Waals surface area contributed by atoms with E-state index in [1.807, 2.05) is 13.0 Å². The Hall–Kier alpha value is -2.33. The molecule has 0 aliphatic carbocycles. The molecule has 0 aromatic heterocycles. The minimum atomic E-state index is -4.02. The molecule has 192 valence electrons. The summed E-state index contributed by atoms with van der Waals surface area (Å²) in [5, 5.41) is 3.27. The van der Waals surface area contributed by atoms with Gasteiger partial charge in [0, 0.05) is 27.7 Å². The van der Waals surface area contributed by atoms with Gasteiger partial charge in [-0.2, -0.15) is 12.7 Å². The van der Waals surface area contributed by atoms with Crippen molar-refractivity contribution in [2.75, 3.05) is 32.0 Å². The third-order valence-corrected chi connectivity index (χ3v) is 8.17. The summed E-state index contributed by atoms with van der Waals surface area (Å²) >= 11 is 12.2. The zero-order valence-corrected chi connectivity index (χ0v) is 23.1. The normalized spacial score (nSPS) is 12.4. The molecule has 0 aliphatic heterocycles. The summed E-state index contributed by atoms with van der Waals surface area (Å²) in [6.07, 6.45) is 0.330. The summed E-state index contributed by atoms with van der Waals surface area (Å²) < 4.78 is 28.7. The number of aryl methyl sites for hydroxylation is 2. The third-order valence-electron chi connectivity index (χ3n) is 5.62. The predicted octanol–water partition coefficient (Wildman–Crippen LogP) is 3.78. The first-order chi connectivity index (χ1) is 16.3. The zero-order chi connectivity index (χ0) is 26.5. The molecule has 1 N–H and O–H groups in total. The van der Waals surface area contributed by atoms with Gasteiger partial charge >= 0.3 is 10.2 Å². The summed E-state index contributed by atoms with van der Waals surface area (Å²) in [6, 6.07) is 9.54. The Morgan fingerprint density at radius 1 is 1.03 bits per heavy atom. The van der Waals surface area contributed by atoms with Crippen molar-refractivity contribution in [1.29, 1.82) is 0 Å². The molecule has 0 saturated carbocycles. The number of nitrogens with one attached hydrogen (secondary N) is 1. The van der Waals surface area contributed by atoms with Crippen LogP contribution < -0.4 is 9.62 Å². The molecule has 1 atom stereocenters. The smallest absolute Gasteiger partial charge is 0.304 e. The van der Waals surface area contributed by atoms with E-state index in [1.54, 1.807) is 44.2 Å². The van der Waals surface area contributed by atoms with Crippen molar-refractivity contribution in [2.45, 2.75) is 39.8 Å². The molecule has 0 saturated heterocycles. The molecule has 35 heavy (non-hydrogen) atoms. The number of benzene rings is 2. The number of rotatable bonds is 10. The summed E-state index contributed by atoms with van der Waals surface area (Å²) in [5.41, 5.74) is 2.60. The molecular formula is C24H32Cl2N4O4S. The number of amides is 2. The minimum absolute atomic E-state index is 0.0459. The monoisotopic (exact) mass is 542 g/mol. The molecule has 0 spiro atoms. The Balaban J connectivity index is 2.56. The first-order valence-corrected chi connectivity index (χ1v) is 13.2. The number of halogens is 2. The average molecular weight is 544 g/mol. The Morgan fingerprint density at radius 3 is 2.23 bits per heavy atom. The minimum Gasteiger partial charge on any atom is -0.357 e. The molecule has 11 heteroatoms. The lowest BCUT2D eigenvalue weighted by molar-refractivity contribution is -0.140. The molecule has 0 unspecified atom stereocenters. The molecule has 2 aromatic rings. The molecule has 0 bridgehead atoms. The molecule has 0 fully saturated rings. The molecule has 2 rings (SSSR count). The quantitative estimate of drug-likeness (QED) is 0.494. The fourth-order valence-electron chi connectivity index (χ4n) is 3.61. The van der Waals surface area contributed by atoms with Crippen LogP contribution in [-0.2, 0) is 26.3 Å². The lowest BCUT2D eigenvalue weighted by Crippen LogP contribution is -2.53. The Kier molecular flexibility index (Phi) is 9.97. The number of hydrogen-bond donors (Lipinski definition) is 1. The van der Waals surface area contributed by atoms with E-state index in [9.17, 15) is 18.0 Å². The SMILES string of the molecule is CC[C@H](C(=O)NC)N(Cc1ccc(Cl)c(Cl)c1)C(=O)CN(c1cc(C)ccc1C)S(=O)(=O)N(C)C. The Labute approximate surface area is 218 Å². The molecule has 0 aliphatic rings. The van der Waals surface area contributed by atoms with Gasteiger partial charge in [0.15, 0.2) is 0 Å². The van der Waals surface area contributed by atoms with E-state index < -0.39 is 28.7 Å². The van der Waals surface area contributed by atoms with Crippen molar-refractivity contribution >= 4 is 50.9 Å². The van der Waals surface area contributed by atoms with Gasteiger partial charge in [0.25, 0.3) is 0 Å². The number of carbonyl (C=O) groups is 2. The maximum atomic E-state index is 13.7. The van der Waals surface area contributed by atoms with Gasteiger partial charge in [-0.1, -0.05) is 48.3 Å². The van der Waals surface area contributed by atoms with Crippen molar-refractivity contribution < 1.29 is 18.0 Å². The van der Waals surface area contributed by atoms with Crippen molar-refractivity contribution in [3.63, 3.8) is 0 Å². The van der Waals surface area contributed by atoms with Crippen molar-refractivity contribution in [2.24, 2.45) is 0 Å². The highest BCUT2D eigenvalue weighted by Gasteiger charge is 2.34. The first kappa shape index (κ1) is 28.9. The summed E-state index contributed by atoms with van der Waals surface area (Å²) in [4.78, 5) is 27.8. The van der Waals surface area contributed by atoms with Gasteiger partial charge in [0.05, 0.1) is 15.7 Å². The Bertz CT molecular complexity index is 1190. The first-order valence-electron chi connectivity index (χ1n) is 11.1.